The summed E-state index contributed by atoms with van der Waals surface area (Å²) in [5, 5.41) is 9.58. The molecule has 4 nitrogen and oxygen atoms in total. The van der Waals surface area contributed by atoms with Gasteiger partial charge in [0.25, 0.3) is 0 Å². The van der Waals surface area contributed by atoms with Crippen LogP contribution in [0.2, 0.25) is 0 Å². The van der Waals surface area contributed by atoms with Gasteiger partial charge in [-0.15, -0.1) is 0 Å². The third-order valence-electron chi connectivity index (χ3n) is 2.20. The maximum absolute atomic E-state index is 11.1. The van der Waals surface area contributed by atoms with Gasteiger partial charge in [-0.05, 0) is 31.0 Å². The fraction of sp³-hybridized carbons (Fsp3) is 0.364. The first kappa shape index (κ1) is 9.83. The average molecular weight is 208 g/mol. The van der Waals surface area contributed by atoms with Crippen LogP contribution in [0.5, 0.6) is 11.5 Å². The van der Waals surface area contributed by atoms with E-state index < -0.39 is 5.97 Å². The molecular weight excluding hydrogens is 196 g/mol. The number of hydrogen-bond acceptors (Lipinski definition) is 4. The number of esters is 1. The van der Waals surface area contributed by atoms with Crippen molar-refractivity contribution in [2.24, 2.45) is 0 Å². The molecule has 0 heterocycles. The number of carbonyl (C=O) groups excluding carboxylic acids is 1. The summed E-state index contributed by atoms with van der Waals surface area (Å²) in [5.74, 6) is -0.0711. The molecule has 0 spiro atoms. The number of aromatic hydroxyl groups is 1. The van der Waals surface area contributed by atoms with Crippen LogP contribution in [-0.4, -0.2) is 24.3 Å². The number of methoxy groups -OCH3 is 1. The van der Waals surface area contributed by atoms with E-state index in [1.807, 2.05) is 0 Å². The first-order valence-corrected chi connectivity index (χ1v) is 4.78. The first-order valence-electron chi connectivity index (χ1n) is 4.78. The van der Waals surface area contributed by atoms with Crippen molar-refractivity contribution in [3.8, 4) is 11.5 Å². The van der Waals surface area contributed by atoms with Gasteiger partial charge in [-0.3, -0.25) is 0 Å². The molecule has 0 radical (unpaired) electrons. The molecule has 1 fully saturated rings. The van der Waals surface area contributed by atoms with E-state index >= 15 is 0 Å². The Morgan fingerprint density at radius 1 is 1.47 bits per heavy atom. The summed E-state index contributed by atoms with van der Waals surface area (Å²) in [6.07, 6.45) is 2.27. The van der Waals surface area contributed by atoms with Gasteiger partial charge in [0.15, 0.2) is 11.5 Å². The summed E-state index contributed by atoms with van der Waals surface area (Å²) in [7, 11) is 1.30. The van der Waals surface area contributed by atoms with Crippen molar-refractivity contribution in [1.29, 1.82) is 0 Å². The molecule has 0 unspecified atom stereocenters. The van der Waals surface area contributed by atoms with Crippen LogP contribution < -0.4 is 4.74 Å². The molecule has 1 saturated carbocycles. The monoisotopic (exact) mass is 208 g/mol. The van der Waals surface area contributed by atoms with E-state index in [0.29, 0.717) is 11.3 Å². The maximum atomic E-state index is 11.1. The Morgan fingerprint density at radius 3 is 2.73 bits per heavy atom. The van der Waals surface area contributed by atoms with Crippen molar-refractivity contribution in [3.63, 3.8) is 0 Å². The van der Waals surface area contributed by atoms with Gasteiger partial charge in [0, 0.05) is 0 Å². The lowest BCUT2D eigenvalue weighted by Gasteiger charge is -2.07. The Kier molecular flexibility index (Phi) is 2.49. The minimum absolute atomic E-state index is 0.0233. The van der Waals surface area contributed by atoms with E-state index in [1.54, 1.807) is 12.1 Å². The Hall–Kier alpha value is -1.71. The Bertz CT molecular complexity index is 382. The zero-order valence-corrected chi connectivity index (χ0v) is 8.40. The van der Waals surface area contributed by atoms with Crippen molar-refractivity contribution >= 4 is 5.97 Å². The normalized spacial score (nSPS) is 14.7. The van der Waals surface area contributed by atoms with E-state index in [2.05, 4.69) is 4.74 Å². The van der Waals surface area contributed by atoms with Gasteiger partial charge in [-0.25, -0.2) is 4.79 Å². The molecule has 2 rings (SSSR count). The van der Waals surface area contributed by atoms with Crippen molar-refractivity contribution < 1.29 is 19.4 Å². The number of phenols is 1. The Morgan fingerprint density at radius 2 is 2.20 bits per heavy atom. The van der Waals surface area contributed by atoms with Crippen LogP contribution in [0, 0.1) is 0 Å². The molecular formula is C11H12O4. The van der Waals surface area contributed by atoms with Crippen molar-refractivity contribution in [1.82, 2.24) is 0 Å². The molecule has 0 amide bonds. The van der Waals surface area contributed by atoms with Gasteiger partial charge in [0.05, 0.1) is 18.8 Å². The lowest BCUT2D eigenvalue weighted by atomic mass is 10.2. The SMILES string of the molecule is COC(=O)c1ccc(OC2CC2)c(O)c1. The molecule has 0 aliphatic heterocycles. The highest BCUT2D eigenvalue weighted by Gasteiger charge is 2.24. The van der Waals surface area contributed by atoms with E-state index in [1.165, 1.54) is 13.2 Å². The molecule has 0 saturated heterocycles. The van der Waals surface area contributed by atoms with E-state index in [-0.39, 0.29) is 11.9 Å². The third kappa shape index (κ3) is 2.21. The predicted octanol–water partition coefficient (Wildman–Crippen LogP) is 1.72. The van der Waals surface area contributed by atoms with E-state index in [4.69, 9.17) is 4.74 Å². The molecule has 80 valence electrons. The fourth-order valence-corrected chi connectivity index (χ4v) is 1.23. The minimum atomic E-state index is -0.469. The topological polar surface area (TPSA) is 55.8 Å². The Balaban J connectivity index is 2.17. The number of hydrogen-bond donors (Lipinski definition) is 1. The van der Waals surface area contributed by atoms with Crippen LogP contribution in [0.1, 0.15) is 23.2 Å². The second kappa shape index (κ2) is 3.81. The lowest BCUT2D eigenvalue weighted by Crippen LogP contribution is -2.02. The van der Waals surface area contributed by atoms with Crippen LogP contribution in [0.3, 0.4) is 0 Å². The summed E-state index contributed by atoms with van der Waals surface area (Å²) in [6.45, 7) is 0. The molecule has 4 heteroatoms. The van der Waals surface area contributed by atoms with Crippen LogP contribution in [0.4, 0.5) is 0 Å². The molecule has 1 aromatic rings. The summed E-state index contributed by atoms with van der Waals surface area (Å²) in [6, 6.07) is 4.51. The second-order valence-electron chi connectivity index (χ2n) is 3.49. The molecule has 0 bridgehead atoms. The van der Waals surface area contributed by atoms with E-state index in [9.17, 15) is 9.90 Å². The lowest BCUT2D eigenvalue weighted by molar-refractivity contribution is 0.0600. The first-order chi connectivity index (χ1) is 7.20. The Labute approximate surface area is 87.4 Å². The molecule has 1 aliphatic rings. The number of ether oxygens (including phenoxy) is 2. The van der Waals surface area contributed by atoms with Crippen LogP contribution in [0.15, 0.2) is 18.2 Å². The van der Waals surface area contributed by atoms with Gasteiger partial charge in [-0.1, -0.05) is 0 Å². The summed E-state index contributed by atoms with van der Waals surface area (Å²) < 4.78 is 9.96. The van der Waals surface area contributed by atoms with Crippen LogP contribution in [0.25, 0.3) is 0 Å². The standard InChI is InChI=1S/C11H12O4/c1-14-11(13)7-2-5-10(9(12)6-7)15-8-3-4-8/h2,5-6,8,12H,3-4H2,1H3. The number of benzene rings is 1. The number of phenolic OH excluding ortho intramolecular Hbond substituents is 1. The average Bonchev–Trinajstić information content (AvgIpc) is 3.04. The van der Waals surface area contributed by atoms with Crippen molar-refractivity contribution in [3.05, 3.63) is 23.8 Å². The summed E-state index contributed by atoms with van der Waals surface area (Å²) in [5.41, 5.74) is 0.318. The fourth-order valence-electron chi connectivity index (χ4n) is 1.23. The van der Waals surface area contributed by atoms with Gasteiger partial charge >= 0.3 is 5.97 Å². The molecule has 1 N–H and O–H groups in total. The van der Waals surface area contributed by atoms with Gasteiger partial charge in [0.1, 0.15) is 0 Å². The van der Waals surface area contributed by atoms with Crippen molar-refractivity contribution in [2.45, 2.75) is 18.9 Å². The molecule has 15 heavy (non-hydrogen) atoms. The smallest absolute Gasteiger partial charge is 0.337 e. The highest BCUT2D eigenvalue weighted by atomic mass is 16.5. The summed E-state index contributed by atoms with van der Waals surface area (Å²) in [4.78, 5) is 11.1. The molecule has 1 aromatic carbocycles. The second-order valence-corrected chi connectivity index (χ2v) is 3.49. The van der Waals surface area contributed by atoms with Gasteiger partial charge in [-0.2, -0.15) is 0 Å². The minimum Gasteiger partial charge on any atom is -0.504 e. The maximum Gasteiger partial charge on any atom is 0.337 e. The van der Waals surface area contributed by atoms with Gasteiger partial charge in [0.2, 0.25) is 0 Å². The van der Waals surface area contributed by atoms with E-state index in [0.717, 1.165) is 12.8 Å². The third-order valence-corrected chi connectivity index (χ3v) is 2.20. The predicted molar refractivity (Wildman–Crippen MR) is 53.1 cm³/mol. The zero-order chi connectivity index (χ0) is 10.8. The molecule has 0 atom stereocenters. The van der Waals surface area contributed by atoms with Crippen LogP contribution in [-0.2, 0) is 4.74 Å². The number of rotatable bonds is 3. The number of carbonyl (C=O) groups is 1. The quantitative estimate of drug-likeness (QED) is 0.768. The van der Waals surface area contributed by atoms with Gasteiger partial charge < -0.3 is 14.6 Å². The highest BCUT2D eigenvalue weighted by molar-refractivity contribution is 5.90. The van der Waals surface area contributed by atoms with Crippen LogP contribution >= 0.6 is 0 Å². The van der Waals surface area contributed by atoms with Crippen molar-refractivity contribution in [2.75, 3.05) is 7.11 Å². The zero-order valence-electron chi connectivity index (χ0n) is 8.40. The largest absolute Gasteiger partial charge is 0.504 e. The molecule has 0 aromatic heterocycles. The summed E-state index contributed by atoms with van der Waals surface area (Å²) >= 11 is 0. The molecule has 1 aliphatic carbocycles. The highest BCUT2D eigenvalue weighted by Crippen LogP contribution is 2.33.